The van der Waals surface area contributed by atoms with Gasteiger partial charge in [0.1, 0.15) is 23.4 Å². The first-order chi connectivity index (χ1) is 14.1. The monoisotopic (exact) mass is 408 g/mol. The molecule has 1 aliphatic rings. The highest BCUT2D eigenvalue weighted by Gasteiger charge is 2.23. The molecule has 1 atom stereocenters. The van der Waals surface area contributed by atoms with Crippen molar-refractivity contribution < 1.29 is 9.90 Å². The zero-order chi connectivity index (χ0) is 20.4. The molecule has 146 valence electrons. The van der Waals surface area contributed by atoms with Gasteiger partial charge in [0.15, 0.2) is 5.82 Å². The Morgan fingerprint density at radius 1 is 1.28 bits per heavy atom. The minimum Gasteiger partial charge on any atom is -0.478 e. The number of nitrogens with zero attached hydrogens (tertiary/aromatic N) is 5. The molecular formula is C20H17ClN6O2. The topological polar surface area (TPSA) is 115 Å². The molecule has 0 spiro atoms. The number of nitriles is 1. The molecule has 2 aromatic heterocycles. The maximum Gasteiger partial charge on any atom is 0.338 e. The number of halogens is 1. The number of anilines is 1. The van der Waals surface area contributed by atoms with Crippen LogP contribution in [0.1, 0.15) is 33.9 Å². The number of aromatic carboxylic acids is 1. The van der Waals surface area contributed by atoms with Gasteiger partial charge < -0.3 is 15.3 Å². The summed E-state index contributed by atoms with van der Waals surface area (Å²) in [6.45, 7) is 2.73. The van der Waals surface area contributed by atoms with Gasteiger partial charge in [0.2, 0.25) is 0 Å². The zero-order valence-corrected chi connectivity index (χ0v) is 16.1. The van der Waals surface area contributed by atoms with Gasteiger partial charge in [0.25, 0.3) is 0 Å². The van der Waals surface area contributed by atoms with Crippen molar-refractivity contribution in [3.63, 3.8) is 0 Å². The number of likely N-dealkylation sites (tertiary alicyclic amines) is 1. The Hall–Kier alpha value is -3.28. The van der Waals surface area contributed by atoms with Gasteiger partial charge in [-0.15, -0.1) is 0 Å². The molecule has 3 heterocycles. The van der Waals surface area contributed by atoms with E-state index >= 15 is 0 Å². The van der Waals surface area contributed by atoms with Crippen molar-refractivity contribution in [2.75, 3.05) is 25.0 Å². The number of carboxylic acid groups (broad SMARTS) is 1. The van der Waals surface area contributed by atoms with Crippen LogP contribution in [-0.2, 0) is 0 Å². The van der Waals surface area contributed by atoms with Crippen LogP contribution in [0.5, 0.6) is 0 Å². The third kappa shape index (κ3) is 3.83. The van der Waals surface area contributed by atoms with E-state index in [1.54, 1.807) is 12.1 Å². The first kappa shape index (κ1) is 19.1. The smallest absolute Gasteiger partial charge is 0.338 e. The molecule has 8 nitrogen and oxygen atoms in total. The number of nitrogens with one attached hydrogen (secondary N) is 1. The highest BCUT2D eigenvalue weighted by atomic mass is 35.5. The molecule has 0 saturated carbocycles. The lowest BCUT2D eigenvalue weighted by molar-refractivity contribution is 0.0698. The van der Waals surface area contributed by atoms with Crippen LogP contribution in [0.3, 0.4) is 0 Å². The van der Waals surface area contributed by atoms with Crippen molar-refractivity contribution in [2.45, 2.75) is 12.5 Å². The second kappa shape index (κ2) is 7.99. The Bertz CT molecular complexity index is 1130. The maximum atomic E-state index is 11.5. The third-order valence-electron chi connectivity index (χ3n) is 4.97. The van der Waals surface area contributed by atoms with Gasteiger partial charge in [-0.2, -0.15) is 5.26 Å². The summed E-state index contributed by atoms with van der Waals surface area (Å²) in [4.78, 5) is 26.5. The van der Waals surface area contributed by atoms with E-state index in [1.165, 1.54) is 18.6 Å². The predicted octanol–water partition coefficient (Wildman–Crippen LogP) is 3.11. The Labute approximate surface area is 171 Å². The van der Waals surface area contributed by atoms with Crippen LogP contribution in [-0.4, -0.2) is 50.6 Å². The van der Waals surface area contributed by atoms with E-state index < -0.39 is 5.97 Å². The lowest BCUT2D eigenvalue weighted by atomic mass is 10.0. The second-order valence-corrected chi connectivity index (χ2v) is 7.19. The molecule has 29 heavy (non-hydrogen) atoms. The Morgan fingerprint density at radius 3 is 2.76 bits per heavy atom. The van der Waals surface area contributed by atoms with Gasteiger partial charge in [-0.3, -0.25) is 4.98 Å². The molecule has 0 bridgehead atoms. The standard InChI is InChI=1S/C20H17ClN6O2/c21-15-8-12(2-3-13(15)9-22)16(10-27-6-1-7-27)26-19-18-17(24-11-25-19)14(20(28)29)4-5-23-18/h2-5,8,11,16H,1,6-7,10H2,(H,28,29)(H,24,25,26)/t16-/m1/s1. The van der Waals surface area contributed by atoms with Crippen molar-refractivity contribution in [1.29, 1.82) is 5.26 Å². The minimum atomic E-state index is -1.07. The van der Waals surface area contributed by atoms with Gasteiger partial charge in [0, 0.05) is 12.7 Å². The number of benzene rings is 1. The van der Waals surface area contributed by atoms with E-state index in [2.05, 4.69) is 31.2 Å². The van der Waals surface area contributed by atoms with Gasteiger partial charge in [-0.1, -0.05) is 17.7 Å². The van der Waals surface area contributed by atoms with Gasteiger partial charge >= 0.3 is 5.97 Å². The molecule has 9 heteroatoms. The normalized spacial score (nSPS) is 14.8. The van der Waals surface area contributed by atoms with E-state index in [4.69, 9.17) is 16.9 Å². The fourth-order valence-electron chi connectivity index (χ4n) is 3.30. The largest absolute Gasteiger partial charge is 0.478 e. The van der Waals surface area contributed by atoms with Crippen LogP contribution in [0.2, 0.25) is 5.02 Å². The number of hydrogen-bond donors (Lipinski definition) is 2. The third-order valence-corrected chi connectivity index (χ3v) is 5.28. The first-order valence-corrected chi connectivity index (χ1v) is 9.46. The summed E-state index contributed by atoms with van der Waals surface area (Å²) in [6.07, 6.45) is 3.91. The highest BCUT2D eigenvalue weighted by molar-refractivity contribution is 6.31. The molecule has 0 amide bonds. The maximum absolute atomic E-state index is 11.5. The Balaban J connectivity index is 1.73. The van der Waals surface area contributed by atoms with E-state index in [-0.39, 0.29) is 17.1 Å². The van der Waals surface area contributed by atoms with Crippen LogP contribution >= 0.6 is 11.6 Å². The van der Waals surface area contributed by atoms with Crippen LogP contribution < -0.4 is 5.32 Å². The summed E-state index contributed by atoms with van der Waals surface area (Å²) in [6, 6.07) is 8.64. The molecule has 1 saturated heterocycles. The average Bonchev–Trinajstić information content (AvgIpc) is 2.69. The summed E-state index contributed by atoms with van der Waals surface area (Å²) < 4.78 is 0. The number of carboxylic acids is 1. The van der Waals surface area contributed by atoms with Crippen molar-refractivity contribution in [2.24, 2.45) is 0 Å². The van der Waals surface area contributed by atoms with Crippen LogP contribution in [0.25, 0.3) is 11.0 Å². The molecule has 4 rings (SSSR count). The first-order valence-electron chi connectivity index (χ1n) is 9.08. The lowest BCUT2D eigenvalue weighted by Crippen LogP contribution is -2.41. The predicted molar refractivity (Wildman–Crippen MR) is 108 cm³/mol. The highest BCUT2D eigenvalue weighted by Crippen LogP contribution is 2.28. The molecule has 1 fully saturated rings. The summed E-state index contributed by atoms with van der Waals surface area (Å²) >= 11 is 6.24. The Kier molecular flexibility index (Phi) is 5.25. The van der Waals surface area contributed by atoms with Crippen molar-refractivity contribution in [3.05, 3.63) is 58.5 Å². The summed E-state index contributed by atoms with van der Waals surface area (Å²) in [5.41, 5.74) is 2.06. The zero-order valence-electron chi connectivity index (χ0n) is 15.3. The molecule has 3 aromatic rings. The quantitative estimate of drug-likeness (QED) is 0.639. The Morgan fingerprint density at radius 2 is 2.10 bits per heavy atom. The summed E-state index contributed by atoms with van der Waals surface area (Å²) in [5.74, 6) is -0.623. The molecule has 2 N–H and O–H groups in total. The number of rotatable bonds is 6. The molecule has 0 unspecified atom stereocenters. The van der Waals surface area contributed by atoms with E-state index in [9.17, 15) is 9.90 Å². The van der Waals surface area contributed by atoms with Gasteiger partial charge in [-0.05, 0) is 43.3 Å². The van der Waals surface area contributed by atoms with E-state index in [0.29, 0.717) is 28.5 Å². The van der Waals surface area contributed by atoms with Gasteiger partial charge in [-0.25, -0.2) is 14.8 Å². The number of carbonyl (C=O) groups is 1. The van der Waals surface area contributed by atoms with Crippen LogP contribution in [0.4, 0.5) is 5.82 Å². The summed E-state index contributed by atoms with van der Waals surface area (Å²) in [5, 5.41) is 22.3. The molecule has 1 aromatic carbocycles. The number of hydrogen-bond acceptors (Lipinski definition) is 7. The fourth-order valence-corrected chi connectivity index (χ4v) is 3.53. The number of aromatic nitrogens is 3. The average molecular weight is 409 g/mol. The molecule has 0 radical (unpaired) electrons. The van der Waals surface area contributed by atoms with E-state index in [1.807, 2.05) is 6.07 Å². The lowest BCUT2D eigenvalue weighted by Gasteiger charge is -2.34. The van der Waals surface area contributed by atoms with Gasteiger partial charge in [0.05, 0.1) is 22.2 Å². The molecule has 1 aliphatic heterocycles. The number of pyridine rings is 1. The molecular weight excluding hydrogens is 392 g/mol. The number of fused-ring (bicyclic) bond motifs is 1. The van der Waals surface area contributed by atoms with Crippen molar-refractivity contribution in [1.82, 2.24) is 19.9 Å². The van der Waals surface area contributed by atoms with Crippen LogP contribution in [0, 0.1) is 11.3 Å². The van der Waals surface area contributed by atoms with Crippen molar-refractivity contribution >= 4 is 34.4 Å². The SMILES string of the molecule is N#Cc1ccc([C@@H](CN2CCC2)Nc2ncnc3c(C(=O)O)ccnc23)cc1Cl. The second-order valence-electron chi connectivity index (χ2n) is 6.79. The minimum absolute atomic E-state index is 0.0705. The van der Waals surface area contributed by atoms with Crippen molar-refractivity contribution in [3.8, 4) is 6.07 Å². The molecule has 0 aliphatic carbocycles. The summed E-state index contributed by atoms with van der Waals surface area (Å²) in [7, 11) is 0. The fraction of sp³-hybridized carbons (Fsp3) is 0.250. The van der Waals surface area contributed by atoms with E-state index in [0.717, 1.165) is 25.1 Å². The van der Waals surface area contributed by atoms with Crippen LogP contribution in [0.15, 0.2) is 36.8 Å².